The standard InChI is InChI=1S/C20H22B2FNO8/c23-17-10-13(8-16(11-17)22(31)32)19(27)12-6-14(9-15(7-12)21(29)30)20(28)24-5-3-1-2-4-18(25)26/h6-11,29-32H,1-5H2,(H,24,28)(H,25,26). The monoisotopic (exact) mass is 445 g/mol. The summed E-state index contributed by atoms with van der Waals surface area (Å²) in [5.74, 6) is -3.13. The molecule has 2 rings (SSSR count). The fourth-order valence-corrected chi connectivity index (χ4v) is 3.00. The van der Waals surface area contributed by atoms with Gasteiger partial charge >= 0.3 is 20.2 Å². The van der Waals surface area contributed by atoms with Crippen LogP contribution in [0.15, 0.2) is 36.4 Å². The van der Waals surface area contributed by atoms with Crippen LogP contribution < -0.4 is 16.2 Å². The Bertz CT molecular complexity index is 1000. The molecule has 0 unspecified atom stereocenters. The number of carboxylic acids is 1. The summed E-state index contributed by atoms with van der Waals surface area (Å²) < 4.78 is 13.8. The van der Waals surface area contributed by atoms with E-state index in [0.717, 1.165) is 24.3 Å². The summed E-state index contributed by atoms with van der Waals surface area (Å²) in [6, 6.07) is 6.34. The molecule has 0 aromatic heterocycles. The van der Waals surface area contributed by atoms with E-state index in [9.17, 15) is 38.9 Å². The van der Waals surface area contributed by atoms with Crippen LogP contribution in [0.5, 0.6) is 0 Å². The molecule has 0 fully saturated rings. The summed E-state index contributed by atoms with van der Waals surface area (Å²) in [6.45, 7) is 0.245. The van der Waals surface area contributed by atoms with Crippen molar-refractivity contribution in [3.05, 3.63) is 58.9 Å². The lowest BCUT2D eigenvalue weighted by Crippen LogP contribution is -2.33. The van der Waals surface area contributed by atoms with Crippen molar-refractivity contribution in [2.45, 2.75) is 25.7 Å². The Morgan fingerprint density at radius 3 is 1.94 bits per heavy atom. The summed E-state index contributed by atoms with van der Waals surface area (Å²) in [5.41, 5.74) is -0.772. The fourth-order valence-electron chi connectivity index (χ4n) is 3.00. The minimum Gasteiger partial charge on any atom is -0.481 e. The molecular weight excluding hydrogens is 423 g/mol. The lowest BCUT2D eigenvalue weighted by atomic mass is 9.77. The van der Waals surface area contributed by atoms with E-state index in [1.807, 2.05) is 0 Å². The number of carbonyl (C=O) groups is 3. The highest BCUT2D eigenvalue weighted by Crippen LogP contribution is 2.13. The maximum atomic E-state index is 13.8. The highest BCUT2D eigenvalue weighted by atomic mass is 19.1. The molecule has 9 nitrogen and oxygen atoms in total. The lowest BCUT2D eigenvalue weighted by Gasteiger charge is -2.11. The van der Waals surface area contributed by atoms with Crippen molar-refractivity contribution in [3.8, 4) is 0 Å². The van der Waals surface area contributed by atoms with E-state index < -0.39 is 37.7 Å². The van der Waals surface area contributed by atoms with Crippen LogP contribution in [-0.4, -0.2) is 63.6 Å². The molecule has 0 radical (unpaired) electrons. The van der Waals surface area contributed by atoms with Crippen LogP contribution in [0.2, 0.25) is 0 Å². The number of hydrogen-bond donors (Lipinski definition) is 6. The smallest absolute Gasteiger partial charge is 0.481 e. The highest BCUT2D eigenvalue weighted by Gasteiger charge is 2.21. The van der Waals surface area contributed by atoms with Crippen molar-refractivity contribution < 1.29 is 44.0 Å². The Morgan fingerprint density at radius 2 is 1.34 bits per heavy atom. The third-order valence-electron chi connectivity index (χ3n) is 4.61. The molecule has 168 valence electrons. The van der Waals surface area contributed by atoms with Gasteiger partial charge in [-0.2, -0.15) is 0 Å². The van der Waals surface area contributed by atoms with Gasteiger partial charge in [-0.3, -0.25) is 14.4 Å². The van der Waals surface area contributed by atoms with E-state index in [1.54, 1.807) is 0 Å². The number of halogens is 1. The van der Waals surface area contributed by atoms with E-state index in [2.05, 4.69) is 5.32 Å². The largest absolute Gasteiger partial charge is 0.488 e. The Balaban J connectivity index is 2.21. The summed E-state index contributed by atoms with van der Waals surface area (Å²) in [4.78, 5) is 35.8. The zero-order valence-electron chi connectivity index (χ0n) is 17.0. The fraction of sp³-hybridized carbons (Fsp3) is 0.250. The molecule has 0 aliphatic rings. The number of unbranched alkanes of at least 4 members (excludes halogenated alkanes) is 2. The number of aliphatic carboxylic acids is 1. The van der Waals surface area contributed by atoms with Gasteiger partial charge in [-0.1, -0.05) is 18.6 Å². The zero-order chi connectivity index (χ0) is 23.8. The maximum Gasteiger partial charge on any atom is 0.488 e. The average Bonchev–Trinajstić information content (AvgIpc) is 2.74. The number of rotatable bonds is 11. The first-order chi connectivity index (χ1) is 15.1. The number of benzene rings is 2. The average molecular weight is 445 g/mol. The zero-order valence-corrected chi connectivity index (χ0v) is 17.0. The molecule has 1 amide bonds. The lowest BCUT2D eigenvalue weighted by molar-refractivity contribution is -0.137. The molecule has 0 aliphatic carbocycles. The second kappa shape index (κ2) is 11.5. The maximum absolute atomic E-state index is 13.8. The van der Waals surface area contributed by atoms with Gasteiger partial charge in [0.05, 0.1) is 0 Å². The molecule has 2 aromatic carbocycles. The van der Waals surface area contributed by atoms with Gasteiger partial charge < -0.3 is 30.5 Å². The molecule has 2 aromatic rings. The minimum atomic E-state index is -2.00. The third kappa shape index (κ3) is 7.27. The van der Waals surface area contributed by atoms with Gasteiger partial charge in [0.2, 0.25) is 0 Å². The summed E-state index contributed by atoms with van der Waals surface area (Å²) in [5, 5.41) is 48.8. The quantitative estimate of drug-likeness (QED) is 0.143. The van der Waals surface area contributed by atoms with Crippen LogP contribution >= 0.6 is 0 Å². The molecule has 6 N–H and O–H groups in total. The van der Waals surface area contributed by atoms with Crippen LogP contribution in [0.1, 0.15) is 52.0 Å². The van der Waals surface area contributed by atoms with Crippen LogP contribution in [0.25, 0.3) is 0 Å². The topological polar surface area (TPSA) is 164 Å². The van der Waals surface area contributed by atoms with Gasteiger partial charge in [-0.25, -0.2) is 4.39 Å². The first-order valence-corrected chi connectivity index (χ1v) is 9.81. The van der Waals surface area contributed by atoms with Crippen molar-refractivity contribution in [2.75, 3.05) is 6.54 Å². The highest BCUT2D eigenvalue weighted by molar-refractivity contribution is 6.59. The van der Waals surface area contributed by atoms with Crippen molar-refractivity contribution in [3.63, 3.8) is 0 Å². The SMILES string of the molecule is O=C(O)CCCCCNC(=O)c1cc(B(O)O)cc(C(=O)c2cc(F)cc(B(O)O)c2)c1. The number of carbonyl (C=O) groups excluding carboxylic acids is 2. The predicted octanol–water partition coefficient (Wildman–Crippen LogP) is -1.21. The molecule has 0 bridgehead atoms. The normalized spacial score (nSPS) is 10.5. The molecule has 32 heavy (non-hydrogen) atoms. The van der Waals surface area contributed by atoms with Gasteiger partial charge in [-0.15, -0.1) is 0 Å². The summed E-state index contributed by atoms with van der Waals surface area (Å²) in [6.07, 6.45) is 1.62. The first-order valence-electron chi connectivity index (χ1n) is 9.81. The Hall–Kier alpha value is -3.05. The Morgan fingerprint density at radius 1 is 0.781 bits per heavy atom. The molecule has 0 spiro atoms. The van der Waals surface area contributed by atoms with Gasteiger partial charge in [-0.05, 0) is 48.0 Å². The number of nitrogens with one attached hydrogen (secondary N) is 1. The van der Waals surface area contributed by atoms with Gasteiger partial charge in [0.25, 0.3) is 5.91 Å². The second-order valence-electron chi connectivity index (χ2n) is 7.15. The second-order valence-corrected chi connectivity index (χ2v) is 7.15. The Kier molecular flexibility index (Phi) is 9.09. The Labute approximate surface area is 183 Å². The van der Waals surface area contributed by atoms with Gasteiger partial charge in [0.15, 0.2) is 5.78 Å². The van der Waals surface area contributed by atoms with Crippen LogP contribution in [0.3, 0.4) is 0 Å². The first kappa shape index (κ1) is 25.2. The molecule has 0 heterocycles. The van der Waals surface area contributed by atoms with Gasteiger partial charge in [0.1, 0.15) is 5.82 Å². The number of carboxylic acid groups (broad SMARTS) is 1. The van der Waals surface area contributed by atoms with Crippen molar-refractivity contribution in [1.82, 2.24) is 5.32 Å². The van der Waals surface area contributed by atoms with E-state index in [1.165, 1.54) is 12.1 Å². The number of ketones is 1. The predicted molar refractivity (Wildman–Crippen MR) is 114 cm³/mol. The molecule has 0 atom stereocenters. The summed E-state index contributed by atoms with van der Waals surface area (Å²) in [7, 11) is -3.98. The number of hydrogen-bond acceptors (Lipinski definition) is 7. The molecule has 0 saturated carbocycles. The van der Waals surface area contributed by atoms with Crippen LogP contribution in [0, 0.1) is 5.82 Å². The van der Waals surface area contributed by atoms with Crippen LogP contribution in [-0.2, 0) is 4.79 Å². The van der Waals surface area contributed by atoms with E-state index in [-0.39, 0.29) is 40.6 Å². The van der Waals surface area contributed by atoms with E-state index >= 15 is 0 Å². The molecule has 0 saturated heterocycles. The molecule has 12 heteroatoms. The number of amides is 1. The molecule has 0 aliphatic heterocycles. The van der Waals surface area contributed by atoms with E-state index in [4.69, 9.17) is 5.11 Å². The van der Waals surface area contributed by atoms with E-state index in [0.29, 0.717) is 19.3 Å². The van der Waals surface area contributed by atoms with Crippen molar-refractivity contribution >= 4 is 42.8 Å². The van der Waals surface area contributed by atoms with Gasteiger partial charge in [0, 0.05) is 29.7 Å². The van der Waals surface area contributed by atoms with Crippen molar-refractivity contribution in [2.24, 2.45) is 0 Å². The third-order valence-corrected chi connectivity index (χ3v) is 4.61. The molecular formula is C20H22B2FNO8. The summed E-state index contributed by atoms with van der Waals surface area (Å²) >= 11 is 0. The van der Waals surface area contributed by atoms with Crippen molar-refractivity contribution in [1.29, 1.82) is 0 Å². The van der Waals surface area contributed by atoms with Crippen LogP contribution in [0.4, 0.5) is 4.39 Å². The minimum absolute atomic E-state index is 0.0327.